The van der Waals surface area contributed by atoms with Gasteiger partial charge in [-0.3, -0.25) is 0 Å². The van der Waals surface area contributed by atoms with E-state index in [1.165, 1.54) is 72.8 Å². The van der Waals surface area contributed by atoms with Gasteiger partial charge in [-0.05, 0) is 70.8 Å². The highest BCUT2D eigenvalue weighted by Gasteiger charge is 2.31. The van der Waals surface area contributed by atoms with Crippen LogP contribution in [0, 0.1) is 116 Å². The molecule has 0 radical (unpaired) electrons. The summed E-state index contributed by atoms with van der Waals surface area (Å²) in [4.78, 5) is 51.3. The van der Waals surface area contributed by atoms with E-state index in [9.17, 15) is 107 Å². The van der Waals surface area contributed by atoms with E-state index in [1.807, 2.05) is 0 Å². The van der Waals surface area contributed by atoms with Gasteiger partial charge in [-0.25, -0.2) is 107 Å². The van der Waals surface area contributed by atoms with Crippen molar-refractivity contribution in [2.24, 2.45) is 0 Å². The first-order valence-electron chi connectivity index (χ1n) is 25.2. The van der Waals surface area contributed by atoms with Crippen LogP contribution in [0.15, 0.2) is 84.9 Å². The number of esters is 4. The number of hydrogen-bond donors (Lipinski definition) is 0. The van der Waals surface area contributed by atoms with Crippen LogP contribution in [0.4, 0.5) is 87.8 Å². The maximum Gasteiger partial charge on any atom is 0.344 e. The third-order valence-electron chi connectivity index (χ3n) is 12.7. The smallest absolute Gasteiger partial charge is 0.344 e. The standard InChI is InChI=1S/C60H30F20O12/c61-41-31(42(62)50(70)57(77)49(41)69)15-89-37(81)19-85-27-5-1-3-23(11-27)25-7-9-29(35(13-25)87-21-39(83)91-17-33-45(65)53(73)59(79)54(74)46(33)66)30-10-8-26(14-36(30)88-22-40(84)92-18-34-47(67)55(75)60(80)56(76)48(34)68)24-4-2-6-28(12-24)86-20-38(82)90-16-32-43(63)51(71)58(78)52(72)44(32)64/h1-14H,15-22H2. The molecule has 0 fully saturated rings. The third kappa shape index (κ3) is 14.5. The molecule has 0 saturated carbocycles. The summed E-state index contributed by atoms with van der Waals surface area (Å²) in [7, 11) is 0. The lowest BCUT2D eigenvalue weighted by Gasteiger charge is -2.18. The maximum absolute atomic E-state index is 14.5. The van der Waals surface area contributed by atoms with Gasteiger partial charge in [-0.1, -0.05) is 36.4 Å². The lowest BCUT2D eigenvalue weighted by Crippen LogP contribution is -2.18. The molecule has 92 heavy (non-hydrogen) atoms. The second-order valence-corrected chi connectivity index (χ2v) is 18.5. The largest absolute Gasteiger partial charge is 0.482 e. The monoisotopic (exact) mass is 1320 g/mol. The first kappa shape index (κ1) is 67.4. The predicted molar refractivity (Wildman–Crippen MR) is 269 cm³/mol. The van der Waals surface area contributed by atoms with Crippen molar-refractivity contribution in [1.82, 2.24) is 0 Å². The van der Waals surface area contributed by atoms with E-state index >= 15 is 0 Å². The van der Waals surface area contributed by atoms with Crippen molar-refractivity contribution < 1.29 is 145 Å². The number of halogens is 20. The van der Waals surface area contributed by atoms with Gasteiger partial charge in [-0.2, -0.15) is 0 Å². The number of ether oxygens (including phenoxy) is 8. The van der Waals surface area contributed by atoms with Gasteiger partial charge in [0.25, 0.3) is 0 Å². The minimum Gasteiger partial charge on any atom is -0.482 e. The molecule has 12 nitrogen and oxygen atoms in total. The number of carbonyl (C=O) groups excluding carboxylic acids is 4. The van der Waals surface area contributed by atoms with Crippen LogP contribution < -0.4 is 18.9 Å². The van der Waals surface area contributed by atoms with E-state index in [-0.39, 0.29) is 44.9 Å². The van der Waals surface area contributed by atoms with Gasteiger partial charge in [0.15, 0.2) is 120 Å². The molecule has 0 saturated heterocycles. The molecule has 8 rings (SSSR count). The Hall–Kier alpha value is -10.6. The Balaban J connectivity index is 1.10. The molecule has 32 heteroatoms. The molecule has 8 aromatic rings. The highest BCUT2D eigenvalue weighted by atomic mass is 19.2. The van der Waals surface area contributed by atoms with Gasteiger partial charge in [0.05, 0.1) is 22.3 Å². The number of carbonyl (C=O) groups is 4. The molecule has 0 amide bonds. The quantitative estimate of drug-likeness (QED) is 0.0198. The lowest BCUT2D eigenvalue weighted by molar-refractivity contribution is -0.148. The van der Waals surface area contributed by atoms with Crippen LogP contribution in [0.3, 0.4) is 0 Å². The van der Waals surface area contributed by atoms with E-state index in [4.69, 9.17) is 28.4 Å². The summed E-state index contributed by atoms with van der Waals surface area (Å²) >= 11 is 0. The van der Waals surface area contributed by atoms with E-state index < -0.39 is 227 Å². The molecule has 0 spiro atoms. The lowest BCUT2D eigenvalue weighted by atomic mass is 9.96. The Morgan fingerprint density at radius 2 is 0.467 bits per heavy atom. The first-order valence-corrected chi connectivity index (χ1v) is 25.2. The van der Waals surface area contributed by atoms with Crippen LogP contribution >= 0.6 is 0 Å². The second kappa shape index (κ2) is 28.5. The molecule has 0 N–H and O–H groups in total. The van der Waals surface area contributed by atoms with Gasteiger partial charge >= 0.3 is 23.9 Å². The molecular weight excluding hydrogens is 1290 g/mol. The Bertz CT molecular complexity index is 3880. The van der Waals surface area contributed by atoms with Gasteiger partial charge in [-0.15, -0.1) is 0 Å². The highest BCUT2D eigenvalue weighted by Crippen LogP contribution is 2.42. The molecule has 0 unspecified atom stereocenters. The number of benzene rings is 8. The van der Waals surface area contributed by atoms with Crippen molar-refractivity contribution in [2.45, 2.75) is 26.4 Å². The fourth-order valence-corrected chi connectivity index (χ4v) is 8.06. The molecule has 0 aliphatic carbocycles. The molecule has 0 heterocycles. The van der Waals surface area contributed by atoms with Crippen LogP contribution in [-0.2, 0) is 64.6 Å². The van der Waals surface area contributed by atoms with Crippen LogP contribution in [0.2, 0.25) is 0 Å². The van der Waals surface area contributed by atoms with E-state index in [0.717, 1.165) is 12.1 Å². The molecular formula is C60H30F20O12. The van der Waals surface area contributed by atoms with E-state index in [2.05, 4.69) is 9.47 Å². The number of hydrogen-bond acceptors (Lipinski definition) is 12. The fourth-order valence-electron chi connectivity index (χ4n) is 8.06. The third-order valence-corrected chi connectivity index (χ3v) is 12.7. The minimum atomic E-state index is -2.53. The van der Waals surface area contributed by atoms with Crippen molar-refractivity contribution in [3.8, 4) is 56.4 Å². The van der Waals surface area contributed by atoms with Crippen LogP contribution in [0.5, 0.6) is 23.0 Å². The Morgan fingerprint density at radius 1 is 0.250 bits per heavy atom. The summed E-state index contributed by atoms with van der Waals surface area (Å²) in [6.45, 7) is -10.6. The molecule has 482 valence electrons. The topological polar surface area (TPSA) is 142 Å². The van der Waals surface area contributed by atoms with Gasteiger partial charge in [0.2, 0.25) is 23.3 Å². The SMILES string of the molecule is O=C(COc1cccc(-c2ccc(-c3ccc(-c4cccc(OCC(=O)OCc5c(F)c(F)c(F)c(F)c5F)c4)cc3OCC(=O)OCc3c(F)c(F)c(F)c(F)c3F)c(OCC(=O)OCc3c(F)c(F)c(F)c(F)c3F)c2)c1)OCc1c(F)c(F)c(F)c(F)c1F. The average molecular weight is 1320 g/mol. The summed E-state index contributed by atoms with van der Waals surface area (Å²) in [5.41, 5.74) is -5.99. The van der Waals surface area contributed by atoms with Gasteiger partial charge in [0, 0.05) is 11.1 Å². The Labute approximate surface area is 500 Å². The van der Waals surface area contributed by atoms with Crippen molar-refractivity contribution in [3.63, 3.8) is 0 Å². The molecule has 8 aromatic carbocycles. The minimum absolute atomic E-state index is 0.0898. The highest BCUT2D eigenvalue weighted by molar-refractivity contribution is 5.84. The Kier molecular flexibility index (Phi) is 20.9. The molecule has 0 bridgehead atoms. The van der Waals surface area contributed by atoms with Crippen molar-refractivity contribution >= 4 is 23.9 Å². The average Bonchev–Trinajstić information content (AvgIpc) is 0.861. The fraction of sp³-hybridized carbons (Fsp3) is 0.133. The second-order valence-electron chi connectivity index (χ2n) is 18.5. The van der Waals surface area contributed by atoms with Crippen LogP contribution in [0.25, 0.3) is 33.4 Å². The zero-order valence-electron chi connectivity index (χ0n) is 45.2. The zero-order chi connectivity index (χ0) is 67.2. The van der Waals surface area contributed by atoms with E-state index in [0.29, 0.717) is 0 Å². The Morgan fingerprint density at radius 3 is 0.717 bits per heavy atom. The molecule has 0 aliphatic heterocycles. The first-order chi connectivity index (χ1) is 43.6. The summed E-state index contributed by atoms with van der Waals surface area (Å²) < 4.78 is 321. The summed E-state index contributed by atoms with van der Waals surface area (Å²) in [6, 6.07) is 17.9. The van der Waals surface area contributed by atoms with Crippen molar-refractivity contribution in [2.75, 3.05) is 26.4 Å². The maximum atomic E-state index is 14.5. The summed E-state index contributed by atoms with van der Waals surface area (Å²) in [5.74, 6) is -54.4. The van der Waals surface area contributed by atoms with Crippen molar-refractivity contribution in [1.29, 1.82) is 0 Å². The van der Waals surface area contributed by atoms with Gasteiger partial charge < -0.3 is 37.9 Å². The van der Waals surface area contributed by atoms with Crippen LogP contribution in [0.1, 0.15) is 22.3 Å². The predicted octanol–water partition coefficient (Wildman–Crippen LogP) is 14.0. The molecule has 0 aliphatic rings. The van der Waals surface area contributed by atoms with Crippen molar-refractivity contribution in [3.05, 3.63) is 224 Å². The molecule has 0 atom stereocenters. The van der Waals surface area contributed by atoms with Gasteiger partial charge in [0.1, 0.15) is 49.4 Å². The number of rotatable bonds is 23. The summed E-state index contributed by atoms with van der Waals surface area (Å²) in [6.07, 6.45) is 0. The normalized spacial score (nSPS) is 11.1. The van der Waals surface area contributed by atoms with E-state index in [1.54, 1.807) is 0 Å². The zero-order valence-corrected chi connectivity index (χ0v) is 45.2. The molecule has 0 aromatic heterocycles. The van der Waals surface area contributed by atoms with Crippen LogP contribution in [-0.4, -0.2) is 50.3 Å². The summed E-state index contributed by atoms with van der Waals surface area (Å²) in [5, 5.41) is 0.